The molecule has 0 heterocycles. The molecule has 0 aromatic heterocycles. The van der Waals surface area contributed by atoms with Gasteiger partial charge in [-0.15, -0.1) is 13.2 Å². The number of carbonyl (C=O) groups excluding carboxylic acids is 1. The summed E-state index contributed by atoms with van der Waals surface area (Å²) in [7, 11) is 0. The van der Waals surface area contributed by atoms with Crippen molar-refractivity contribution in [1.29, 1.82) is 0 Å². The third-order valence-corrected chi connectivity index (χ3v) is 2.49. The molecule has 3 N–H and O–H groups in total. The van der Waals surface area contributed by atoms with E-state index < -0.39 is 12.3 Å². The van der Waals surface area contributed by atoms with Gasteiger partial charge in [0.05, 0.1) is 0 Å². The molecule has 0 aliphatic carbocycles. The Bertz CT molecular complexity index is 639. The zero-order chi connectivity index (χ0) is 15.5. The third kappa shape index (κ3) is 4.41. The number of benzene rings is 2. The number of nitrogens with two attached hydrogens (primary N) is 1. The number of hydrogen-bond acceptors (Lipinski definition) is 3. The number of halogens is 3. The molecule has 0 fully saturated rings. The molecule has 0 radical (unpaired) electrons. The smallest absolute Gasteiger partial charge is 0.406 e. The first-order valence-corrected chi connectivity index (χ1v) is 5.86. The highest BCUT2D eigenvalue weighted by Gasteiger charge is 2.31. The lowest BCUT2D eigenvalue weighted by atomic mass is 10.2. The molecule has 0 aliphatic heterocycles. The van der Waals surface area contributed by atoms with Gasteiger partial charge in [0, 0.05) is 16.9 Å². The van der Waals surface area contributed by atoms with Crippen LogP contribution in [-0.4, -0.2) is 12.3 Å². The summed E-state index contributed by atoms with van der Waals surface area (Å²) in [5, 5.41) is 2.58. The molecule has 7 heteroatoms. The number of anilines is 2. The summed E-state index contributed by atoms with van der Waals surface area (Å²) in [5.41, 5.74) is 6.76. The number of carbonyl (C=O) groups is 1. The number of nitrogen functional groups attached to an aromatic ring is 1. The second kappa shape index (κ2) is 5.74. The lowest BCUT2D eigenvalue weighted by Gasteiger charge is -2.09. The summed E-state index contributed by atoms with van der Waals surface area (Å²) in [6.07, 6.45) is -4.76. The third-order valence-electron chi connectivity index (χ3n) is 2.49. The van der Waals surface area contributed by atoms with Crippen molar-refractivity contribution >= 4 is 17.3 Å². The van der Waals surface area contributed by atoms with Crippen molar-refractivity contribution in [1.82, 2.24) is 0 Å². The first-order chi connectivity index (χ1) is 9.83. The van der Waals surface area contributed by atoms with E-state index in [1.54, 1.807) is 24.3 Å². The van der Waals surface area contributed by atoms with Crippen LogP contribution < -0.4 is 15.8 Å². The lowest BCUT2D eigenvalue weighted by molar-refractivity contribution is -0.274. The molecule has 0 atom stereocenters. The van der Waals surface area contributed by atoms with E-state index in [2.05, 4.69) is 10.1 Å². The molecular weight excluding hydrogens is 285 g/mol. The molecule has 0 spiro atoms. The predicted molar refractivity (Wildman–Crippen MR) is 71.9 cm³/mol. The maximum atomic E-state index is 12.0. The molecule has 0 aliphatic rings. The number of hydrogen-bond donors (Lipinski definition) is 2. The molecule has 2 rings (SSSR count). The standard InChI is InChI=1S/C14H11F3N2O2/c15-14(16,17)21-12-6-4-9(5-7-12)13(20)19-11-3-1-2-10(18)8-11/h1-8H,18H2,(H,19,20). The minimum Gasteiger partial charge on any atom is -0.406 e. The van der Waals surface area contributed by atoms with Crippen molar-refractivity contribution < 1.29 is 22.7 Å². The highest BCUT2D eigenvalue weighted by molar-refractivity contribution is 6.04. The Hall–Kier alpha value is -2.70. The number of amides is 1. The average molecular weight is 296 g/mol. The van der Waals surface area contributed by atoms with Crippen LogP contribution >= 0.6 is 0 Å². The first-order valence-electron chi connectivity index (χ1n) is 5.86. The Morgan fingerprint density at radius 2 is 1.76 bits per heavy atom. The van der Waals surface area contributed by atoms with Gasteiger partial charge >= 0.3 is 6.36 Å². The highest BCUT2D eigenvalue weighted by Crippen LogP contribution is 2.23. The molecule has 2 aromatic rings. The summed E-state index contributed by atoms with van der Waals surface area (Å²) < 4.78 is 39.8. The van der Waals surface area contributed by atoms with Gasteiger partial charge in [0.15, 0.2) is 0 Å². The number of rotatable bonds is 3. The molecule has 0 unspecified atom stereocenters. The van der Waals surface area contributed by atoms with Gasteiger partial charge in [-0.1, -0.05) is 6.07 Å². The Kier molecular flexibility index (Phi) is 4.02. The fourth-order valence-corrected chi connectivity index (χ4v) is 1.63. The van der Waals surface area contributed by atoms with Gasteiger partial charge in [0.25, 0.3) is 5.91 Å². The summed E-state index contributed by atoms with van der Waals surface area (Å²) in [4.78, 5) is 11.9. The second-order valence-corrected chi connectivity index (χ2v) is 4.15. The molecule has 0 saturated carbocycles. The van der Waals surface area contributed by atoms with E-state index >= 15 is 0 Å². The fourth-order valence-electron chi connectivity index (χ4n) is 1.63. The molecule has 110 valence electrons. The molecule has 4 nitrogen and oxygen atoms in total. The summed E-state index contributed by atoms with van der Waals surface area (Å²) in [6, 6.07) is 11.2. The first kappa shape index (κ1) is 14.7. The van der Waals surface area contributed by atoms with E-state index in [4.69, 9.17) is 5.73 Å². The van der Waals surface area contributed by atoms with Gasteiger partial charge in [-0.05, 0) is 42.5 Å². The van der Waals surface area contributed by atoms with Gasteiger partial charge in [-0.3, -0.25) is 4.79 Å². The molecule has 0 bridgehead atoms. The van der Waals surface area contributed by atoms with Crippen LogP contribution in [0.25, 0.3) is 0 Å². The maximum absolute atomic E-state index is 12.0. The average Bonchev–Trinajstić information content (AvgIpc) is 2.37. The summed E-state index contributed by atoms with van der Waals surface area (Å²) in [5.74, 6) is -0.845. The van der Waals surface area contributed by atoms with Crippen LogP contribution in [-0.2, 0) is 0 Å². The van der Waals surface area contributed by atoms with Crippen LogP contribution in [0.2, 0.25) is 0 Å². The Morgan fingerprint density at radius 3 is 2.33 bits per heavy atom. The van der Waals surface area contributed by atoms with Crippen molar-refractivity contribution in [2.24, 2.45) is 0 Å². The Balaban J connectivity index is 2.06. The van der Waals surface area contributed by atoms with Crippen molar-refractivity contribution in [2.45, 2.75) is 6.36 Å². The SMILES string of the molecule is Nc1cccc(NC(=O)c2ccc(OC(F)(F)F)cc2)c1. The minimum absolute atomic E-state index is 0.201. The van der Waals surface area contributed by atoms with Crippen LogP contribution in [0.1, 0.15) is 10.4 Å². The van der Waals surface area contributed by atoms with Crippen molar-refractivity contribution in [3.8, 4) is 5.75 Å². The Labute approximate surface area is 118 Å². The Morgan fingerprint density at radius 1 is 1.10 bits per heavy atom. The van der Waals surface area contributed by atoms with Crippen LogP contribution in [0.3, 0.4) is 0 Å². The van der Waals surface area contributed by atoms with Crippen LogP contribution in [0.4, 0.5) is 24.5 Å². The minimum atomic E-state index is -4.76. The molecule has 0 saturated heterocycles. The van der Waals surface area contributed by atoms with Gasteiger partial charge in [-0.2, -0.15) is 0 Å². The predicted octanol–water partition coefficient (Wildman–Crippen LogP) is 3.42. The summed E-state index contributed by atoms with van der Waals surface area (Å²) >= 11 is 0. The van der Waals surface area contributed by atoms with Crippen molar-refractivity contribution in [3.63, 3.8) is 0 Å². The fraction of sp³-hybridized carbons (Fsp3) is 0.0714. The van der Waals surface area contributed by atoms with Crippen LogP contribution in [0, 0.1) is 0 Å². The van der Waals surface area contributed by atoms with Gasteiger partial charge in [0.2, 0.25) is 0 Å². The highest BCUT2D eigenvalue weighted by atomic mass is 19.4. The second-order valence-electron chi connectivity index (χ2n) is 4.15. The maximum Gasteiger partial charge on any atom is 0.573 e. The van der Waals surface area contributed by atoms with E-state index in [1.165, 1.54) is 12.1 Å². The molecule has 2 aromatic carbocycles. The van der Waals surface area contributed by atoms with Crippen LogP contribution in [0.5, 0.6) is 5.75 Å². The topological polar surface area (TPSA) is 64.3 Å². The quantitative estimate of drug-likeness (QED) is 0.853. The van der Waals surface area contributed by atoms with E-state index in [0.29, 0.717) is 11.4 Å². The number of alkyl halides is 3. The van der Waals surface area contributed by atoms with Gasteiger partial charge in [0.1, 0.15) is 5.75 Å². The lowest BCUT2D eigenvalue weighted by Crippen LogP contribution is -2.17. The normalized spacial score (nSPS) is 11.0. The number of ether oxygens (including phenoxy) is 1. The van der Waals surface area contributed by atoms with Gasteiger partial charge < -0.3 is 15.8 Å². The van der Waals surface area contributed by atoms with Gasteiger partial charge in [-0.25, -0.2) is 0 Å². The largest absolute Gasteiger partial charge is 0.573 e. The van der Waals surface area contributed by atoms with Crippen molar-refractivity contribution in [2.75, 3.05) is 11.1 Å². The van der Waals surface area contributed by atoms with E-state index in [-0.39, 0.29) is 11.3 Å². The zero-order valence-corrected chi connectivity index (χ0v) is 10.6. The van der Waals surface area contributed by atoms with E-state index in [1.807, 2.05) is 0 Å². The van der Waals surface area contributed by atoms with E-state index in [9.17, 15) is 18.0 Å². The monoisotopic (exact) mass is 296 g/mol. The zero-order valence-electron chi connectivity index (χ0n) is 10.6. The number of nitrogens with one attached hydrogen (secondary N) is 1. The van der Waals surface area contributed by atoms with E-state index in [0.717, 1.165) is 12.1 Å². The molecule has 1 amide bonds. The summed E-state index contributed by atoms with van der Waals surface area (Å²) in [6.45, 7) is 0. The molecular formula is C14H11F3N2O2. The van der Waals surface area contributed by atoms with Crippen molar-refractivity contribution in [3.05, 3.63) is 54.1 Å². The van der Waals surface area contributed by atoms with Crippen LogP contribution in [0.15, 0.2) is 48.5 Å². The molecule has 21 heavy (non-hydrogen) atoms.